The van der Waals surface area contributed by atoms with E-state index in [-0.39, 0.29) is 17.6 Å². The Kier molecular flexibility index (Phi) is 5.82. The molecule has 5 heteroatoms. The summed E-state index contributed by atoms with van der Waals surface area (Å²) in [7, 11) is 0. The molecule has 4 nitrogen and oxygen atoms in total. The van der Waals surface area contributed by atoms with Gasteiger partial charge < -0.3 is 10.0 Å². The predicted molar refractivity (Wildman–Crippen MR) is 69.2 cm³/mol. The van der Waals surface area contributed by atoms with Crippen LogP contribution in [0, 0.1) is 5.92 Å². The largest absolute Gasteiger partial charge is 0.481 e. The summed E-state index contributed by atoms with van der Waals surface area (Å²) in [6.45, 7) is 3.48. The van der Waals surface area contributed by atoms with E-state index in [1.165, 1.54) is 0 Å². The van der Waals surface area contributed by atoms with Gasteiger partial charge in [0.05, 0.1) is 5.25 Å². The highest BCUT2D eigenvalue weighted by molar-refractivity contribution is 7.99. The average Bonchev–Trinajstić information content (AvgIpc) is 2.34. The Morgan fingerprint density at radius 2 is 2.24 bits per heavy atom. The zero-order chi connectivity index (χ0) is 12.8. The zero-order valence-corrected chi connectivity index (χ0v) is 11.3. The quantitative estimate of drug-likeness (QED) is 0.818. The van der Waals surface area contributed by atoms with Crippen LogP contribution in [0.25, 0.3) is 0 Å². The lowest BCUT2D eigenvalue weighted by atomic mass is 9.93. The predicted octanol–water partition coefficient (Wildman–Crippen LogP) is 1.84. The lowest BCUT2D eigenvalue weighted by Gasteiger charge is -2.34. The first-order chi connectivity index (χ1) is 8.04. The third-order valence-corrected chi connectivity index (χ3v) is 4.21. The van der Waals surface area contributed by atoms with Crippen LogP contribution in [-0.4, -0.2) is 46.5 Å². The maximum Gasteiger partial charge on any atom is 0.303 e. The highest BCUT2D eigenvalue weighted by atomic mass is 32.2. The van der Waals surface area contributed by atoms with Gasteiger partial charge in [-0.05, 0) is 38.4 Å². The van der Waals surface area contributed by atoms with Crippen LogP contribution >= 0.6 is 11.8 Å². The Hall–Kier alpha value is -0.710. The molecular weight excluding hydrogens is 238 g/mol. The van der Waals surface area contributed by atoms with Crippen molar-refractivity contribution in [2.75, 3.05) is 19.3 Å². The van der Waals surface area contributed by atoms with Crippen LogP contribution in [0.3, 0.4) is 0 Å². The van der Waals surface area contributed by atoms with Crippen molar-refractivity contribution in [2.24, 2.45) is 5.92 Å². The van der Waals surface area contributed by atoms with Gasteiger partial charge in [0.2, 0.25) is 5.91 Å². The van der Waals surface area contributed by atoms with Crippen LogP contribution in [0.5, 0.6) is 0 Å². The van der Waals surface area contributed by atoms with Gasteiger partial charge in [0.1, 0.15) is 0 Å². The van der Waals surface area contributed by atoms with Crippen LogP contribution in [0.15, 0.2) is 0 Å². The van der Waals surface area contributed by atoms with Gasteiger partial charge in [-0.1, -0.05) is 0 Å². The topological polar surface area (TPSA) is 57.6 Å². The number of carbonyl (C=O) groups excluding carboxylic acids is 1. The number of rotatable bonds is 5. The molecule has 1 fully saturated rings. The van der Waals surface area contributed by atoms with E-state index in [1.807, 2.05) is 18.1 Å². The third-order valence-electron chi connectivity index (χ3n) is 3.30. The van der Waals surface area contributed by atoms with Gasteiger partial charge in [0.15, 0.2) is 0 Å². The van der Waals surface area contributed by atoms with Crippen molar-refractivity contribution in [2.45, 2.75) is 37.9 Å². The van der Waals surface area contributed by atoms with Gasteiger partial charge in [-0.25, -0.2) is 0 Å². The highest BCUT2D eigenvalue weighted by Crippen LogP contribution is 2.22. The molecule has 1 heterocycles. The maximum atomic E-state index is 12.0. The summed E-state index contributed by atoms with van der Waals surface area (Å²) < 4.78 is 0. The van der Waals surface area contributed by atoms with Gasteiger partial charge in [-0.2, -0.15) is 11.8 Å². The van der Waals surface area contributed by atoms with Crippen molar-refractivity contribution in [3.8, 4) is 0 Å². The molecule has 17 heavy (non-hydrogen) atoms. The summed E-state index contributed by atoms with van der Waals surface area (Å²) in [5.74, 6) is -0.193. The summed E-state index contributed by atoms with van der Waals surface area (Å²) >= 11 is 1.56. The summed E-state index contributed by atoms with van der Waals surface area (Å²) in [4.78, 5) is 24.4. The first-order valence-electron chi connectivity index (χ1n) is 6.08. The molecule has 0 aromatic carbocycles. The van der Waals surface area contributed by atoms with E-state index in [1.54, 1.807) is 11.8 Å². The summed E-state index contributed by atoms with van der Waals surface area (Å²) in [5, 5.41) is 8.67. The fourth-order valence-electron chi connectivity index (χ4n) is 2.19. The summed E-state index contributed by atoms with van der Waals surface area (Å²) in [5.41, 5.74) is 0. The fourth-order valence-corrected chi connectivity index (χ4v) is 2.54. The molecule has 1 rings (SSSR count). The van der Waals surface area contributed by atoms with Gasteiger partial charge in [0, 0.05) is 19.5 Å². The summed E-state index contributed by atoms with van der Waals surface area (Å²) in [6, 6.07) is 0. The number of likely N-dealkylation sites (tertiary alicyclic amines) is 1. The molecule has 0 spiro atoms. The smallest absolute Gasteiger partial charge is 0.303 e. The van der Waals surface area contributed by atoms with Gasteiger partial charge in [-0.15, -0.1) is 0 Å². The third kappa shape index (κ3) is 4.58. The number of hydrogen-bond donors (Lipinski definition) is 1. The number of hydrogen-bond acceptors (Lipinski definition) is 3. The first kappa shape index (κ1) is 14.4. The number of aliphatic carboxylic acids is 1. The number of nitrogens with zero attached hydrogens (tertiary/aromatic N) is 1. The van der Waals surface area contributed by atoms with Crippen LogP contribution in [-0.2, 0) is 9.59 Å². The minimum Gasteiger partial charge on any atom is -0.481 e. The van der Waals surface area contributed by atoms with E-state index in [0.717, 1.165) is 25.9 Å². The molecule has 1 saturated heterocycles. The van der Waals surface area contributed by atoms with E-state index >= 15 is 0 Å². The van der Waals surface area contributed by atoms with Crippen LogP contribution in [0.4, 0.5) is 0 Å². The molecule has 1 aliphatic heterocycles. The van der Waals surface area contributed by atoms with E-state index in [2.05, 4.69) is 0 Å². The van der Waals surface area contributed by atoms with Crippen molar-refractivity contribution >= 4 is 23.6 Å². The molecule has 98 valence electrons. The molecule has 0 saturated carbocycles. The number of amides is 1. The van der Waals surface area contributed by atoms with Gasteiger partial charge in [-0.3, -0.25) is 9.59 Å². The van der Waals surface area contributed by atoms with Gasteiger partial charge in [0.25, 0.3) is 0 Å². The molecule has 1 N–H and O–H groups in total. The lowest BCUT2D eigenvalue weighted by molar-refractivity contribution is -0.137. The van der Waals surface area contributed by atoms with Crippen LogP contribution < -0.4 is 0 Å². The molecule has 0 radical (unpaired) electrons. The Bertz CT molecular complexity index is 283. The Labute approximate surface area is 107 Å². The fraction of sp³-hybridized carbons (Fsp3) is 0.833. The lowest BCUT2D eigenvalue weighted by Crippen LogP contribution is -2.43. The van der Waals surface area contributed by atoms with Crippen molar-refractivity contribution < 1.29 is 14.7 Å². The van der Waals surface area contributed by atoms with Crippen LogP contribution in [0.2, 0.25) is 0 Å². The number of carboxylic acid groups (broad SMARTS) is 1. The molecule has 0 unspecified atom stereocenters. The molecule has 2 atom stereocenters. The second kappa shape index (κ2) is 6.89. The highest BCUT2D eigenvalue weighted by Gasteiger charge is 2.26. The Balaban J connectivity index is 2.43. The van der Waals surface area contributed by atoms with E-state index in [9.17, 15) is 9.59 Å². The average molecular weight is 259 g/mol. The van der Waals surface area contributed by atoms with E-state index in [4.69, 9.17) is 5.11 Å². The molecule has 0 aliphatic carbocycles. The number of piperidine rings is 1. The Morgan fingerprint density at radius 3 is 2.82 bits per heavy atom. The molecular formula is C12H21NO3S. The van der Waals surface area contributed by atoms with E-state index in [0.29, 0.717) is 12.3 Å². The molecule has 0 aromatic rings. The molecule has 1 amide bonds. The van der Waals surface area contributed by atoms with Crippen molar-refractivity contribution in [1.29, 1.82) is 0 Å². The standard InChI is InChI=1S/C12H21NO3S/c1-9(17-2)12(16)13-7-3-4-10(8-13)5-6-11(14)15/h9-10H,3-8H2,1-2H3,(H,14,15)/t9-,10+/m0/s1. The van der Waals surface area contributed by atoms with Crippen molar-refractivity contribution in [3.63, 3.8) is 0 Å². The molecule has 1 aliphatic rings. The minimum atomic E-state index is -0.745. The first-order valence-corrected chi connectivity index (χ1v) is 7.36. The monoisotopic (exact) mass is 259 g/mol. The SMILES string of the molecule is CS[C@@H](C)C(=O)N1CCC[C@H](CCC(=O)O)C1. The number of carbonyl (C=O) groups is 2. The molecule has 0 bridgehead atoms. The van der Waals surface area contributed by atoms with Crippen molar-refractivity contribution in [1.82, 2.24) is 4.90 Å². The maximum absolute atomic E-state index is 12.0. The van der Waals surface area contributed by atoms with Gasteiger partial charge >= 0.3 is 5.97 Å². The number of thioether (sulfide) groups is 1. The second-order valence-electron chi connectivity index (χ2n) is 4.60. The Morgan fingerprint density at radius 1 is 1.53 bits per heavy atom. The van der Waals surface area contributed by atoms with Crippen LogP contribution in [0.1, 0.15) is 32.6 Å². The normalized spacial score (nSPS) is 22.2. The zero-order valence-electron chi connectivity index (χ0n) is 10.5. The second-order valence-corrected chi connectivity index (χ2v) is 5.78. The summed E-state index contributed by atoms with van der Waals surface area (Å²) in [6.07, 6.45) is 4.88. The number of carboxylic acids is 1. The minimum absolute atomic E-state index is 0.00761. The van der Waals surface area contributed by atoms with E-state index < -0.39 is 5.97 Å². The van der Waals surface area contributed by atoms with Crippen molar-refractivity contribution in [3.05, 3.63) is 0 Å². The molecule has 0 aromatic heterocycles.